The molecule has 6 nitrogen and oxygen atoms in total. The number of carbonyl (C=O) groups is 1. The number of carboxylic acids is 1. The molecule has 0 aliphatic heterocycles. The molecule has 2 unspecified atom stereocenters. The lowest BCUT2D eigenvalue weighted by Crippen LogP contribution is -2.42. The summed E-state index contributed by atoms with van der Waals surface area (Å²) in [5.74, 6) is -1.34. The largest absolute Gasteiger partial charge is 0.480 e. The van der Waals surface area contributed by atoms with Crippen molar-refractivity contribution >= 4 is 16.0 Å². The SMILES string of the molecule is CCC(C)N(C)CCNS(=O)(=O)C(C)C(=O)O. The highest BCUT2D eigenvalue weighted by molar-refractivity contribution is 7.90. The number of hydrogen-bond acceptors (Lipinski definition) is 4. The minimum absolute atomic E-state index is 0.223. The molecule has 0 saturated heterocycles. The highest BCUT2D eigenvalue weighted by Gasteiger charge is 2.26. The molecular formula is C10H22N2O4S. The standard InChI is InChI=1S/C10H22N2O4S/c1-5-8(2)12(4)7-6-11-17(15,16)9(3)10(13)14/h8-9,11H,5-7H2,1-4H3,(H,13,14). The number of carboxylic acid groups (broad SMARTS) is 1. The molecule has 0 aliphatic rings. The van der Waals surface area contributed by atoms with E-state index in [9.17, 15) is 13.2 Å². The van der Waals surface area contributed by atoms with Crippen molar-refractivity contribution in [1.29, 1.82) is 0 Å². The first-order valence-corrected chi connectivity index (χ1v) is 7.18. The van der Waals surface area contributed by atoms with Gasteiger partial charge in [-0.1, -0.05) is 6.92 Å². The fourth-order valence-corrected chi connectivity index (χ4v) is 2.05. The van der Waals surface area contributed by atoms with Crippen molar-refractivity contribution in [2.24, 2.45) is 0 Å². The van der Waals surface area contributed by atoms with Gasteiger partial charge in [0.05, 0.1) is 0 Å². The zero-order chi connectivity index (χ0) is 13.6. The van der Waals surface area contributed by atoms with Crippen molar-refractivity contribution in [3.8, 4) is 0 Å². The van der Waals surface area contributed by atoms with Crippen LogP contribution in [0.4, 0.5) is 0 Å². The van der Waals surface area contributed by atoms with Gasteiger partial charge in [0.2, 0.25) is 10.0 Å². The number of nitrogens with one attached hydrogen (secondary N) is 1. The summed E-state index contributed by atoms with van der Waals surface area (Å²) in [5.41, 5.74) is 0. The number of sulfonamides is 1. The summed E-state index contributed by atoms with van der Waals surface area (Å²) in [6.45, 7) is 6.04. The van der Waals surface area contributed by atoms with Crippen LogP contribution >= 0.6 is 0 Å². The molecule has 0 saturated carbocycles. The second kappa shape index (κ2) is 6.93. The number of hydrogen-bond donors (Lipinski definition) is 2. The number of nitrogens with zero attached hydrogens (tertiary/aromatic N) is 1. The van der Waals surface area contributed by atoms with E-state index in [0.717, 1.165) is 13.3 Å². The molecule has 0 amide bonds. The summed E-state index contributed by atoms with van der Waals surface area (Å²) in [5, 5.41) is 7.20. The van der Waals surface area contributed by atoms with E-state index in [1.807, 2.05) is 18.9 Å². The molecule has 2 atom stereocenters. The van der Waals surface area contributed by atoms with E-state index in [1.165, 1.54) is 0 Å². The van der Waals surface area contributed by atoms with Crippen molar-refractivity contribution < 1.29 is 18.3 Å². The summed E-state index contributed by atoms with van der Waals surface area (Å²) in [6, 6.07) is 0.372. The molecule has 0 bridgehead atoms. The molecule has 0 fully saturated rings. The molecule has 0 heterocycles. The molecule has 0 aliphatic carbocycles. The van der Waals surface area contributed by atoms with Crippen molar-refractivity contribution in [3.05, 3.63) is 0 Å². The van der Waals surface area contributed by atoms with E-state index < -0.39 is 21.2 Å². The fraction of sp³-hybridized carbons (Fsp3) is 0.900. The van der Waals surface area contributed by atoms with Gasteiger partial charge in [0.1, 0.15) is 0 Å². The normalized spacial score (nSPS) is 15.8. The molecule has 0 aromatic carbocycles. The van der Waals surface area contributed by atoms with Crippen LogP contribution in [0.2, 0.25) is 0 Å². The minimum atomic E-state index is -3.76. The lowest BCUT2D eigenvalue weighted by Gasteiger charge is -2.23. The lowest BCUT2D eigenvalue weighted by atomic mass is 10.2. The Labute approximate surface area is 103 Å². The molecular weight excluding hydrogens is 244 g/mol. The molecule has 17 heavy (non-hydrogen) atoms. The number of likely N-dealkylation sites (N-methyl/N-ethyl adjacent to an activating group) is 1. The average molecular weight is 266 g/mol. The molecule has 0 radical (unpaired) electrons. The minimum Gasteiger partial charge on any atom is -0.480 e. The van der Waals surface area contributed by atoms with E-state index in [2.05, 4.69) is 11.6 Å². The predicted octanol–water partition coefficient (Wildman–Crippen LogP) is 0.109. The third-order valence-electron chi connectivity index (χ3n) is 2.92. The van der Waals surface area contributed by atoms with E-state index in [-0.39, 0.29) is 6.54 Å². The Hall–Kier alpha value is -0.660. The van der Waals surface area contributed by atoms with Crippen LogP contribution in [-0.2, 0) is 14.8 Å². The molecule has 0 aromatic heterocycles. The number of rotatable bonds is 8. The van der Waals surface area contributed by atoms with Gasteiger partial charge in [-0.2, -0.15) is 0 Å². The first-order valence-electron chi connectivity index (χ1n) is 5.63. The third-order valence-corrected chi connectivity index (χ3v) is 4.66. The van der Waals surface area contributed by atoms with E-state index in [0.29, 0.717) is 12.6 Å². The molecule has 0 aromatic rings. The van der Waals surface area contributed by atoms with Crippen LogP contribution in [0.15, 0.2) is 0 Å². The Bertz CT molecular complexity index is 342. The second-order valence-electron chi connectivity index (χ2n) is 4.16. The zero-order valence-electron chi connectivity index (χ0n) is 10.8. The quantitative estimate of drug-likeness (QED) is 0.651. The predicted molar refractivity (Wildman–Crippen MR) is 66.4 cm³/mol. The van der Waals surface area contributed by atoms with Gasteiger partial charge in [-0.05, 0) is 27.3 Å². The highest BCUT2D eigenvalue weighted by Crippen LogP contribution is 2.00. The van der Waals surface area contributed by atoms with E-state index in [1.54, 1.807) is 0 Å². The van der Waals surface area contributed by atoms with Gasteiger partial charge >= 0.3 is 5.97 Å². The van der Waals surface area contributed by atoms with Crippen LogP contribution in [0, 0.1) is 0 Å². The van der Waals surface area contributed by atoms with E-state index >= 15 is 0 Å². The van der Waals surface area contributed by atoms with Gasteiger partial charge in [-0.3, -0.25) is 4.79 Å². The summed E-state index contributed by atoms with van der Waals surface area (Å²) in [7, 11) is -1.86. The Kier molecular flexibility index (Phi) is 6.66. The van der Waals surface area contributed by atoms with Gasteiger partial charge in [-0.25, -0.2) is 13.1 Å². The third kappa shape index (κ3) is 5.47. The van der Waals surface area contributed by atoms with Crippen LogP contribution in [0.3, 0.4) is 0 Å². The summed E-state index contributed by atoms with van der Waals surface area (Å²) in [4.78, 5) is 12.6. The Morgan fingerprint density at radius 3 is 2.35 bits per heavy atom. The molecule has 102 valence electrons. The van der Waals surface area contributed by atoms with Gasteiger partial charge in [0, 0.05) is 19.1 Å². The Morgan fingerprint density at radius 2 is 1.94 bits per heavy atom. The van der Waals surface area contributed by atoms with Crippen LogP contribution < -0.4 is 4.72 Å². The summed E-state index contributed by atoms with van der Waals surface area (Å²) < 4.78 is 25.3. The monoisotopic (exact) mass is 266 g/mol. The van der Waals surface area contributed by atoms with Gasteiger partial charge in [0.15, 0.2) is 5.25 Å². The fourth-order valence-electron chi connectivity index (χ4n) is 1.15. The van der Waals surface area contributed by atoms with Crippen LogP contribution in [0.5, 0.6) is 0 Å². The van der Waals surface area contributed by atoms with Gasteiger partial charge in [-0.15, -0.1) is 0 Å². The zero-order valence-corrected chi connectivity index (χ0v) is 11.6. The topological polar surface area (TPSA) is 86.7 Å². The van der Waals surface area contributed by atoms with Crippen molar-refractivity contribution in [3.63, 3.8) is 0 Å². The number of aliphatic carboxylic acids is 1. The van der Waals surface area contributed by atoms with Crippen LogP contribution in [0.25, 0.3) is 0 Å². The first-order chi connectivity index (χ1) is 7.72. The van der Waals surface area contributed by atoms with Crippen molar-refractivity contribution in [2.45, 2.75) is 38.5 Å². The molecule has 0 spiro atoms. The maximum atomic E-state index is 11.5. The molecule has 0 rings (SSSR count). The van der Waals surface area contributed by atoms with Gasteiger partial charge < -0.3 is 10.0 Å². The summed E-state index contributed by atoms with van der Waals surface area (Å²) >= 11 is 0. The van der Waals surface area contributed by atoms with Crippen LogP contribution in [0.1, 0.15) is 27.2 Å². The molecule has 7 heteroatoms. The first kappa shape index (κ1) is 16.3. The van der Waals surface area contributed by atoms with Gasteiger partial charge in [0.25, 0.3) is 0 Å². The van der Waals surface area contributed by atoms with E-state index in [4.69, 9.17) is 5.11 Å². The second-order valence-corrected chi connectivity index (χ2v) is 6.24. The maximum Gasteiger partial charge on any atom is 0.323 e. The van der Waals surface area contributed by atoms with Crippen molar-refractivity contribution in [2.75, 3.05) is 20.1 Å². The van der Waals surface area contributed by atoms with Crippen molar-refractivity contribution in [1.82, 2.24) is 9.62 Å². The summed E-state index contributed by atoms with van der Waals surface area (Å²) in [6.07, 6.45) is 0.981. The van der Waals surface area contributed by atoms with Crippen LogP contribution in [-0.4, -0.2) is 55.8 Å². The highest BCUT2D eigenvalue weighted by atomic mass is 32.2. The smallest absolute Gasteiger partial charge is 0.323 e. The molecule has 2 N–H and O–H groups in total. The Morgan fingerprint density at radius 1 is 1.41 bits per heavy atom. The Balaban J connectivity index is 4.17. The average Bonchev–Trinajstić information content (AvgIpc) is 2.26. The lowest BCUT2D eigenvalue weighted by molar-refractivity contribution is -0.136. The maximum absolute atomic E-state index is 11.5.